The van der Waals surface area contributed by atoms with Gasteiger partial charge >= 0.3 is 0 Å². The number of carbonyl (C=O) groups excluding carboxylic acids is 1. The number of amides is 1. The molecule has 5 heteroatoms. The molecule has 1 unspecified atom stereocenters. The molecular formula is C16H26N4O. The Kier molecular flexibility index (Phi) is 7.94. The summed E-state index contributed by atoms with van der Waals surface area (Å²) >= 11 is 0. The highest BCUT2D eigenvalue weighted by molar-refractivity contribution is 5.94. The Balaban J connectivity index is 2.38. The van der Waals surface area contributed by atoms with Gasteiger partial charge < -0.3 is 16.0 Å². The van der Waals surface area contributed by atoms with Gasteiger partial charge in [0.25, 0.3) is 5.91 Å². The van der Waals surface area contributed by atoms with Crippen LogP contribution in [0.4, 0.5) is 0 Å². The summed E-state index contributed by atoms with van der Waals surface area (Å²) in [5.41, 5.74) is 0.672. The third-order valence-electron chi connectivity index (χ3n) is 3.04. The summed E-state index contributed by atoms with van der Waals surface area (Å²) in [5, 5.41) is 9.37. The first-order valence-electron chi connectivity index (χ1n) is 7.55. The lowest BCUT2D eigenvalue weighted by Gasteiger charge is -2.16. The van der Waals surface area contributed by atoms with Gasteiger partial charge in [-0.2, -0.15) is 0 Å². The zero-order valence-corrected chi connectivity index (χ0v) is 13.1. The Morgan fingerprint density at radius 2 is 1.90 bits per heavy atom. The fourth-order valence-corrected chi connectivity index (χ4v) is 1.68. The summed E-state index contributed by atoms with van der Waals surface area (Å²) in [5.74, 6) is 0.728. The Morgan fingerprint density at radius 1 is 1.19 bits per heavy atom. The Labute approximate surface area is 127 Å². The van der Waals surface area contributed by atoms with Gasteiger partial charge in [-0.05, 0) is 32.4 Å². The van der Waals surface area contributed by atoms with E-state index in [1.54, 1.807) is 12.1 Å². The molecule has 0 fully saturated rings. The molecule has 0 bridgehead atoms. The van der Waals surface area contributed by atoms with Crippen molar-refractivity contribution in [2.24, 2.45) is 4.99 Å². The van der Waals surface area contributed by atoms with E-state index in [0.29, 0.717) is 24.7 Å². The predicted molar refractivity (Wildman–Crippen MR) is 87.6 cm³/mol. The van der Waals surface area contributed by atoms with E-state index in [-0.39, 0.29) is 5.91 Å². The zero-order valence-electron chi connectivity index (χ0n) is 13.1. The number of hydrogen-bond acceptors (Lipinski definition) is 2. The van der Waals surface area contributed by atoms with Crippen molar-refractivity contribution >= 4 is 11.9 Å². The first-order chi connectivity index (χ1) is 10.2. The molecule has 1 rings (SSSR count). The first-order valence-corrected chi connectivity index (χ1v) is 7.55. The van der Waals surface area contributed by atoms with Crippen molar-refractivity contribution in [1.82, 2.24) is 16.0 Å². The van der Waals surface area contributed by atoms with E-state index in [1.807, 2.05) is 25.1 Å². The van der Waals surface area contributed by atoms with Crippen LogP contribution in [-0.2, 0) is 0 Å². The molecule has 0 radical (unpaired) electrons. The highest BCUT2D eigenvalue weighted by Crippen LogP contribution is 1.97. The lowest BCUT2D eigenvalue weighted by molar-refractivity contribution is 0.0955. The van der Waals surface area contributed by atoms with Crippen molar-refractivity contribution in [3.05, 3.63) is 35.9 Å². The van der Waals surface area contributed by atoms with Gasteiger partial charge in [0.1, 0.15) is 0 Å². The summed E-state index contributed by atoms with van der Waals surface area (Å²) in [7, 11) is 0. The molecule has 116 valence electrons. The van der Waals surface area contributed by atoms with Crippen molar-refractivity contribution in [2.75, 3.05) is 19.6 Å². The van der Waals surface area contributed by atoms with Gasteiger partial charge in [-0.3, -0.25) is 9.79 Å². The van der Waals surface area contributed by atoms with Gasteiger partial charge in [-0.25, -0.2) is 0 Å². The Hall–Kier alpha value is -2.04. The van der Waals surface area contributed by atoms with Gasteiger partial charge in [-0.1, -0.05) is 25.1 Å². The van der Waals surface area contributed by atoms with Gasteiger partial charge in [0.2, 0.25) is 0 Å². The number of nitrogens with one attached hydrogen (secondary N) is 3. The minimum atomic E-state index is -0.0642. The van der Waals surface area contributed by atoms with E-state index in [4.69, 9.17) is 0 Å². The maximum atomic E-state index is 11.8. The summed E-state index contributed by atoms with van der Waals surface area (Å²) in [6.07, 6.45) is 1.04. The standard InChI is InChI=1S/C16H26N4O/c1-4-13(3)20-16(17-5-2)19-12-11-18-15(21)14-9-7-6-8-10-14/h6-10,13H,4-5,11-12H2,1-3H3,(H,18,21)(H2,17,19,20). The van der Waals surface area contributed by atoms with Crippen LogP contribution in [0.1, 0.15) is 37.6 Å². The molecule has 0 spiro atoms. The third-order valence-corrected chi connectivity index (χ3v) is 3.04. The van der Waals surface area contributed by atoms with Gasteiger partial charge in [-0.15, -0.1) is 0 Å². The Morgan fingerprint density at radius 3 is 2.52 bits per heavy atom. The molecule has 0 saturated heterocycles. The molecule has 1 amide bonds. The maximum Gasteiger partial charge on any atom is 0.251 e. The normalized spacial score (nSPS) is 12.6. The first kappa shape index (κ1) is 17.0. The number of guanidine groups is 1. The molecule has 0 heterocycles. The van der Waals surface area contributed by atoms with E-state index < -0.39 is 0 Å². The van der Waals surface area contributed by atoms with Crippen LogP contribution in [0.25, 0.3) is 0 Å². The van der Waals surface area contributed by atoms with Crippen LogP contribution in [0, 0.1) is 0 Å². The monoisotopic (exact) mass is 290 g/mol. The lowest BCUT2D eigenvalue weighted by atomic mass is 10.2. The molecule has 1 aromatic carbocycles. The smallest absolute Gasteiger partial charge is 0.251 e. The molecule has 0 aliphatic rings. The van der Waals surface area contributed by atoms with Crippen molar-refractivity contribution in [3.8, 4) is 0 Å². The number of benzene rings is 1. The van der Waals surface area contributed by atoms with Crippen LogP contribution in [-0.4, -0.2) is 37.5 Å². The zero-order chi connectivity index (χ0) is 15.5. The van der Waals surface area contributed by atoms with Crippen molar-refractivity contribution in [1.29, 1.82) is 0 Å². The summed E-state index contributed by atoms with van der Waals surface area (Å²) < 4.78 is 0. The van der Waals surface area contributed by atoms with Crippen molar-refractivity contribution < 1.29 is 4.79 Å². The fourth-order valence-electron chi connectivity index (χ4n) is 1.68. The predicted octanol–water partition coefficient (Wildman–Crippen LogP) is 1.77. The minimum absolute atomic E-state index is 0.0642. The SMILES string of the molecule is CCNC(=NCCNC(=O)c1ccccc1)NC(C)CC. The second-order valence-electron chi connectivity index (χ2n) is 4.84. The lowest BCUT2D eigenvalue weighted by Crippen LogP contribution is -2.42. The van der Waals surface area contributed by atoms with E-state index in [1.165, 1.54) is 0 Å². The van der Waals surface area contributed by atoms with Crippen LogP contribution in [0.5, 0.6) is 0 Å². The average Bonchev–Trinajstić information content (AvgIpc) is 2.52. The highest BCUT2D eigenvalue weighted by Gasteiger charge is 2.04. The molecule has 5 nitrogen and oxygen atoms in total. The summed E-state index contributed by atoms with van der Waals surface area (Å²) in [6.45, 7) is 8.16. The molecule has 0 aliphatic carbocycles. The van der Waals surface area contributed by atoms with E-state index in [0.717, 1.165) is 18.9 Å². The van der Waals surface area contributed by atoms with E-state index in [2.05, 4.69) is 34.8 Å². The molecule has 0 aromatic heterocycles. The molecule has 3 N–H and O–H groups in total. The molecule has 1 aromatic rings. The molecular weight excluding hydrogens is 264 g/mol. The summed E-state index contributed by atoms with van der Waals surface area (Å²) in [4.78, 5) is 16.3. The second-order valence-corrected chi connectivity index (χ2v) is 4.84. The number of aliphatic imine (C=N–C) groups is 1. The van der Waals surface area contributed by atoms with Crippen molar-refractivity contribution in [2.45, 2.75) is 33.2 Å². The van der Waals surface area contributed by atoms with Gasteiger partial charge in [0.05, 0.1) is 6.54 Å². The average molecular weight is 290 g/mol. The summed E-state index contributed by atoms with van der Waals surface area (Å²) in [6, 6.07) is 9.57. The number of nitrogens with zero attached hydrogens (tertiary/aromatic N) is 1. The van der Waals surface area contributed by atoms with Crippen LogP contribution < -0.4 is 16.0 Å². The third kappa shape index (κ3) is 6.79. The number of hydrogen-bond donors (Lipinski definition) is 3. The minimum Gasteiger partial charge on any atom is -0.357 e. The fraction of sp³-hybridized carbons (Fsp3) is 0.500. The van der Waals surface area contributed by atoms with Crippen LogP contribution in [0.2, 0.25) is 0 Å². The maximum absolute atomic E-state index is 11.8. The molecule has 1 atom stereocenters. The van der Waals surface area contributed by atoms with Gasteiger partial charge in [0.15, 0.2) is 5.96 Å². The van der Waals surface area contributed by atoms with Crippen LogP contribution >= 0.6 is 0 Å². The van der Waals surface area contributed by atoms with Crippen molar-refractivity contribution in [3.63, 3.8) is 0 Å². The molecule has 0 saturated carbocycles. The van der Waals surface area contributed by atoms with Gasteiger partial charge in [0, 0.05) is 24.7 Å². The number of carbonyl (C=O) groups is 1. The topological polar surface area (TPSA) is 65.5 Å². The Bertz CT molecular complexity index is 445. The van der Waals surface area contributed by atoms with E-state index in [9.17, 15) is 4.79 Å². The molecule has 0 aliphatic heterocycles. The van der Waals surface area contributed by atoms with Crippen LogP contribution in [0.3, 0.4) is 0 Å². The quantitative estimate of drug-likeness (QED) is 0.407. The largest absolute Gasteiger partial charge is 0.357 e. The number of rotatable bonds is 7. The van der Waals surface area contributed by atoms with E-state index >= 15 is 0 Å². The second kappa shape index (κ2) is 9.80. The molecule has 21 heavy (non-hydrogen) atoms. The van der Waals surface area contributed by atoms with Crippen LogP contribution in [0.15, 0.2) is 35.3 Å². The highest BCUT2D eigenvalue weighted by atomic mass is 16.1.